The van der Waals surface area contributed by atoms with Gasteiger partial charge in [-0.15, -0.1) is 0 Å². The first-order valence-corrected chi connectivity index (χ1v) is 8.14. The zero-order chi connectivity index (χ0) is 11.3. The summed E-state index contributed by atoms with van der Waals surface area (Å²) in [5.41, 5.74) is 0. The lowest BCUT2D eigenvalue weighted by Gasteiger charge is -2.31. The highest BCUT2D eigenvalue weighted by Crippen LogP contribution is 2.58. The molecule has 1 aliphatic rings. The number of allylic oxidation sites excluding steroid dienone is 2. The minimum absolute atomic E-state index is 0.546. The minimum atomic E-state index is -2.80. The predicted molar refractivity (Wildman–Crippen MR) is 69.7 cm³/mol. The molecule has 3 nitrogen and oxygen atoms in total. The average Bonchev–Trinajstić information content (AvgIpc) is 2.26. The van der Waals surface area contributed by atoms with Gasteiger partial charge in [0.25, 0.3) is 7.94 Å². The highest BCUT2D eigenvalue weighted by Gasteiger charge is 2.35. The van der Waals surface area contributed by atoms with Crippen LogP contribution in [0.15, 0.2) is 9.34 Å². The Hall–Kier alpha value is 0.620. The van der Waals surface area contributed by atoms with Gasteiger partial charge in [-0.3, -0.25) is 0 Å². The van der Waals surface area contributed by atoms with Crippen molar-refractivity contribution in [3.05, 3.63) is 9.34 Å². The summed E-state index contributed by atoms with van der Waals surface area (Å²) >= 11 is 2.30. The van der Waals surface area contributed by atoms with Crippen LogP contribution in [0, 0.1) is 0 Å². The van der Waals surface area contributed by atoms with E-state index in [0.29, 0.717) is 6.16 Å². The highest BCUT2D eigenvalue weighted by atomic mass is 127. The van der Waals surface area contributed by atoms with Gasteiger partial charge in [0.2, 0.25) is 0 Å². The van der Waals surface area contributed by atoms with Crippen molar-refractivity contribution < 1.29 is 13.9 Å². The van der Waals surface area contributed by atoms with E-state index in [4.69, 9.17) is 9.05 Å². The van der Waals surface area contributed by atoms with Gasteiger partial charge >= 0.3 is 0 Å². The highest BCUT2D eigenvalue weighted by molar-refractivity contribution is 14.1. The molecule has 0 aliphatic carbocycles. The maximum absolute atomic E-state index is 11.9. The molecule has 0 amide bonds. The minimum Gasteiger partial charge on any atom is -0.624 e. The molecule has 1 saturated heterocycles. The first-order chi connectivity index (χ1) is 7.11. The molecule has 1 rings (SSSR count). The molecular weight excluding hydrogens is 326 g/mol. The number of rotatable bonds is 4. The van der Waals surface area contributed by atoms with Gasteiger partial charge in [-0.1, -0.05) is 13.3 Å². The predicted octanol–water partition coefficient (Wildman–Crippen LogP) is 3.40. The Morgan fingerprint density at radius 1 is 1.67 bits per heavy atom. The van der Waals surface area contributed by atoms with E-state index in [9.17, 15) is 4.89 Å². The van der Waals surface area contributed by atoms with Crippen LogP contribution < -0.4 is 4.89 Å². The summed E-state index contributed by atoms with van der Waals surface area (Å²) in [4.78, 5) is 11.9. The van der Waals surface area contributed by atoms with E-state index in [1.54, 1.807) is 0 Å². The third-order valence-electron chi connectivity index (χ3n) is 2.42. The van der Waals surface area contributed by atoms with Gasteiger partial charge in [-0.05, 0) is 41.9 Å². The fraction of sp³-hybridized carbons (Fsp3) is 0.800. The average molecular weight is 344 g/mol. The van der Waals surface area contributed by atoms with Crippen molar-refractivity contribution in [1.29, 1.82) is 0 Å². The van der Waals surface area contributed by atoms with E-state index in [1.165, 1.54) is 17.1 Å². The van der Waals surface area contributed by atoms with Crippen molar-refractivity contribution in [2.75, 3.05) is 13.3 Å². The largest absolute Gasteiger partial charge is 0.624 e. The standard InChI is InChI=1S/C10H18IO3P/c1-3-4-6-9(11)10-7-5-8-15(12,13-2)14-10/h3-8H2,1-2H3/b10-9+. The molecule has 0 aromatic heterocycles. The van der Waals surface area contributed by atoms with Gasteiger partial charge in [-0.25, -0.2) is 4.52 Å². The Labute approximate surface area is 106 Å². The van der Waals surface area contributed by atoms with Crippen molar-refractivity contribution >= 4 is 30.5 Å². The van der Waals surface area contributed by atoms with Crippen LogP contribution in [0.2, 0.25) is 0 Å². The van der Waals surface area contributed by atoms with Crippen LogP contribution in [-0.4, -0.2) is 13.3 Å². The molecule has 88 valence electrons. The third-order valence-corrected chi connectivity index (χ3v) is 5.48. The van der Waals surface area contributed by atoms with Crippen LogP contribution in [-0.2, 0) is 9.05 Å². The zero-order valence-corrected chi connectivity index (χ0v) is 12.3. The summed E-state index contributed by atoms with van der Waals surface area (Å²) < 4.78 is 11.6. The molecule has 0 aromatic rings. The van der Waals surface area contributed by atoms with Gasteiger partial charge in [-0.2, -0.15) is 0 Å². The fourth-order valence-electron chi connectivity index (χ4n) is 1.48. The van der Waals surface area contributed by atoms with E-state index in [2.05, 4.69) is 29.5 Å². The van der Waals surface area contributed by atoms with E-state index < -0.39 is 7.94 Å². The molecule has 1 aliphatic heterocycles. The molecule has 0 aromatic carbocycles. The molecule has 0 saturated carbocycles. The maximum atomic E-state index is 11.9. The number of hydrogen-bond donors (Lipinski definition) is 0. The third kappa shape index (κ3) is 4.17. The van der Waals surface area contributed by atoms with E-state index >= 15 is 0 Å². The Kier molecular flexibility index (Phi) is 5.82. The molecule has 0 radical (unpaired) electrons. The van der Waals surface area contributed by atoms with Crippen LogP contribution in [0.4, 0.5) is 0 Å². The second kappa shape index (κ2) is 6.38. The Morgan fingerprint density at radius 2 is 2.40 bits per heavy atom. The maximum Gasteiger partial charge on any atom is 0.283 e. The van der Waals surface area contributed by atoms with Crippen LogP contribution in [0.3, 0.4) is 0 Å². The van der Waals surface area contributed by atoms with Gasteiger partial charge < -0.3 is 9.42 Å². The molecule has 1 fully saturated rings. The van der Waals surface area contributed by atoms with Crippen molar-refractivity contribution in [2.45, 2.75) is 39.0 Å². The topological polar surface area (TPSA) is 41.5 Å². The van der Waals surface area contributed by atoms with Crippen molar-refractivity contribution in [2.24, 2.45) is 0 Å². The molecule has 1 unspecified atom stereocenters. The second-order valence-corrected chi connectivity index (χ2v) is 7.16. The molecule has 1 heterocycles. The molecule has 0 bridgehead atoms. The molecule has 0 spiro atoms. The van der Waals surface area contributed by atoms with E-state index in [0.717, 1.165) is 31.4 Å². The van der Waals surface area contributed by atoms with E-state index in [-0.39, 0.29) is 0 Å². The van der Waals surface area contributed by atoms with E-state index in [1.807, 2.05) is 0 Å². The summed E-state index contributed by atoms with van der Waals surface area (Å²) in [6, 6.07) is 0. The SMILES string of the molecule is CCCC/C(I)=C1/CCC[P+]([O-])(OC)O1. The first kappa shape index (κ1) is 13.7. The van der Waals surface area contributed by atoms with Crippen molar-refractivity contribution in [3.63, 3.8) is 0 Å². The zero-order valence-electron chi connectivity index (χ0n) is 9.29. The summed E-state index contributed by atoms with van der Waals surface area (Å²) in [6.07, 6.45) is 5.69. The number of unbranched alkanes of at least 4 members (excludes halogenated alkanes) is 1. The van der Waals surface area contributed by atoms with Gasteiger partial charge in [0, 0.05) is 10.0 Å². The Bertz CT molecular complexity index is 245. The number of halogens is 1. The molecule has 0 N–H and O–H groups in total. The monoisotopic (exact) mass is 344 g/mol. The lowest BCUT2D eigenvalue weighted by atomic mass is 10.2. The Morgan fingerprint density at radius 3 is 3.00 bits per heavy atom. The van der Waals surface area contributed by atoms with Crippen molar-refractivity contribution in [1.82, 2.24) is 0 Å². The lowest BCUT2D eigenvalue weighted by Crippen LogP contribution is -2.21. The van der Waals surface area contributed by atoms with Gasteiger partial charge in [0.1, 0.15) is 6.16 Å². The van der Waals surface area contributed by atoms with Crippen LogP contribution >= 0.6 is 30.5 Å². The molecule has 15 heavy (non-hydrogen) atoms. The lowest BCUT2D eigenvalue weighted by molar-refractivity contribution is -0.215. The number of hydrogen-bond acceptors (Lipinski definition) is 3. The van der Waals surface area contributed by atoms with Crippen molar-refractivity contribution in [3.8, 4) is 0 Å². The van der Waals surface area contributed by atoms with Crippen LogP contribution in [0.1, 0.15) is 39.0 Å². The molecular formula is C10H18IO3P. The molecule has 5 heteroatoms. The van der Waals surface area contributed by atoms with Crippen LogP contribution in [0.5, 0.6) is 0 Å². The first-order valence-electron chi connectivity index (χ1n) is 5.33. The van der Waals surface area contributed by atoms with Gasteiger partial charge in [0.05, 0.1) is 7.11 Å². The van der Waals surface area contributed by atoms with Gasteiger partial charge in [0.15, 0.2) is 5.76 Å². The van der Waals surface area contributed by atoms with Crippen LogP contribution in [0.25, 0.3) is 0 Å². The molecule has 1 atom stereocenters. The smallest absolute Gasteiger partial charge is 0.283 e. The quantitative estimate of drug-likeness (QED) is 0.580. The summed E-state index contributed by atoms with van der Waals surface area (Å²) in [7, 11) is -1.34. The second-order valence-electron chi connectivity index (χ2n) is 3.64. The Balaban J connectivity index is 2.61. The normalized spacial score (nSPS) is 29.9. The fourth-order valence-corrected chi connectivity index (χ4v) is 3.84. The summed E-state index contributed by atoms with van der Waals surface area (Å²) in [6.45, 7) is 2.16. The summed E-state index contributed by atoms with van der Waals surface area (Å²) in [5, 5.41) is 0. The summed E-state index contributed by atoms with van der Waals surface area (Å²) in [5.74, 6) is 0.889.